The van der Waals surface area contributed by atoms with Crippen LogP contribution in [-0.4, -0.2) is 21.8 Å². The van der Waals surface area contributed by atoms with Crippen molar-refractivity contribution in [1.82, 2.24) is 0 Å². The third-order valence-electron chi connectivity index (χ3n) is 4.23. The van der Waals surface area contributed by atoms with Gasteiger partial charge in [0, 0.05) is 4.90 Å². The van der Waals surface area contributed by atoms with Crippen molar-refractivity contribution >= 4 is 17.3 Å². The standard InChI is InChI=1S/C16H17F3O2S/c17-16(18,19)22-14-7-5-11(9-2-1-3-10(20)8-9)12-4-6-13(21)15(12)14/h5,7-8,10,13,20-21H,1-4,6H2. The number of aliphatic hydroxyl groups excluding tert-OH is 2. The van der Waals surface area contributed by atoms with Crippen molar-refractivity contribution in [3.05, 3.63) is 34.9 Å². The third kappa shape index (κ3) is 3.19. The molecular formula is C16H17F3O2S. The van der Waals surface area contributed by atoms with E-state index in [1.54, 1.807) is 12.1 Å². The number of allylic oxidation sites excluding steroid dienone is 1. The van der Waals surface area contributed by atoms with Gasteiger partial charge >= 0.3 is 5.51 Å². The van der Waals surface area contributed by atoms with E-state index in [0.29, 0.717) is 18.4 Å². The second-order valence-corrected chi connectivity index (χ2v) is 6.86. The zero-order chi connectivity index (χ0) is 15.9. The van der Waals surface area contributed by atoms with Gasteiger partial charge in [0.05, 0.1) is 12.2 Å². The van der Waals surface area contributed by atoms with E-state index in [4.69, 9.17) is 0 Å². The van der Waals surface area contributed by atoms with E-state index < -0.39 is 17.7 Å². The van der Waals surface area contributed by atoms with Crippen LogP contribution < -0.4 is 0 Å². The Bertz CT molecular complexity index is 610. The topological polar surface area (TPSA) is 40.5 Å². The number of hydrogen-bond donors (Lipinski definition) is 2. The molecule has 0 heterocycles. The minimum atomic E-state index is -4.36. The highest BCUT2D eigenvalue weighted by atomic mass is 32.2. The van der Waals surface area contributed by atoms with Crippen LogP contribution in [0.25, 0.3) is 5.57 Å². The van der Waals surface area contributed by atoms with Crippen LogP contribution in [-0.2, 0) is 6.42 Å². The maximum absolute atomic E-state index is 12.7. The van der Waals surface area contributed by atoms with E-state index >= 15 is 0 Å². The van der Waals surface area contributed by atoms with Crippen molar-refractivity contribution in [3.8, 4) is 0 Å². The first-order valence-corrected chi connectivity index (χ1v) is 8.15. The summed E-state index contributed by atoms with van der Waals surface area (Å²) in [5.74, 6) is 0. The largest absolute Gasteiger partial charge is 0.446 e. The monoisotopic (exact) mass is 330 g/mol. The van der Waals surface area contributed by atoms with Crippen LogP contribution in [0.15, 0.2) is 23.1 Å². The predicted octanol–water partition coefficient (Wildman–Crippen LogP) is 4.21. The first-order chi connectivity index (χ1) is 10.3. The Morgan fingerprint density at radius 3 is 2.55 bits per heavy atom. The number of aliphatic hydroxyl groups is 2. The van der Waals surface area contributed by atoms with Gasteiger partial charge in [0.1, 0.15) is 0 Å². The van der Waals surface area contributed by atoms with Crippen LogP contribution >= 0.6 is 11.8 Å². The van der Waals surface area contributed by atoms with Gasteiger partial charge in [-0.3, -0.25) is 0 Å². The third-order valence-corrected chi connectivity index (χ3v) is 5.04. The van der Waals surface area contributed by atoms with Gasteiger partial charge in [-0.2, -0.15) is 13.2 Å². The zero-order valence-electron chi connectivity index (χ0n) is 11.9. The van der Waals surface area contributed by atoms with Gasteiger partial charge in [0.2, 0.25) is 0 Å². The van der Waals surface area contributed by atoms with Crippen LogP contribution in [0.1, 0.15) is 48.5 Å². The minimum Gasteiger partial charge on any atom is -0.389 e. The lowest BCUT2D eigenvalue weighted by Gasteiger charge is -2.21. The number of rotatable bonds is 2. The number of fused-ring (bicyclic) bond motifs is 1. The molecule has 3 rings (SSSR count). The van der Waals surface area contributed by atoms with Crippen molar-refractivity contribution in [2.45, 2.75) is 54.7 Å². The molecular weight excluding hydrogens is 313 g/mol. The summed E-state index contributed by atoms with van der Waals surface area (Å²) in [7, 11) is 0. The molecule has 2 atom stereocenters. The summed E-state index contributed by atoms with van der Waals surface area (Å²) in [5, 5.41) is 19.9. The Balaban J connectivity index is 2.04. The zero-order valence-corrected chi connectivity index (χ0v) is 12.7. The maximum Gasteiger partial charge on any atom is 0.446 e. The Morgan fingerprint density at radius 2 is 1.86 bits per heavy atom. The molecule has 2 N–H and O–H groups in total. The summed E-state index contributed by atoms with van der Waals surface area (Å²) in [6.07, 6.45) is 3.88. The lowest BCUT2D eigenvalue weighted by atomic mass is 9.88. The van der Waals surface area contributed by atoms with E-state index in [1.165, 1.54) is 6.07 Å². The van der Waals surface area contributed by atoms with E-state index in [0.717, 1.165) is 36.0 Å². The SMILES string of the molecule is OC1C=C(c2ccc(SC(F)(F)F)c3c2CCC3O)CCC1. The van der Waals surface area contributed by atoms with Crippen LogP contribution in [0.2, 0.25) is 0 Å². The van der Waals surface area contributed by atoms with Crippen molar-refractivity contribution < 1.29 is 23.4 Å². The summed E-state index contributed by atoms with van der Waals surface area (Å²) >= 11 is -0.163. The minimum absolute atomic E-state index is 0.0909. The van der Waals surface area contributed by atoms with Crippen molar-refractivity contribution in [2.75, 3.05) is 0 Å². The number of thioether (sulfide) groups is 1. The number of benzene rings is 1. The molecule has 2 aliphatic carbocycles. The van der Waals surface area contributed by atoms with Crippen LogP contribution in [0.5, 0.6) is 0 Å². The summed E-state index contributed by atoms with van der Waals surface area (Å²) in [6.45, 7) is 0. The Hall–Kier alpha value is -0.980. The maximum atomic E-state index is 12.7. The molecule has 1 aromatic carbocycles. The molecule has 0 saturated heterocycles. The Kier molecular flexibility index (Phi) is 4.27. The lowest BCUT2D eigenvalue weighted by Crippen LogP contribution is -2.10. The quantitative estimate of drug-likeness (QED) is 0.798. The molecule has 0 aromatic heterocycles. The molecule has 0 fully saturated rings. The van der Waals surface area contributed by atoms with Crippen LogP contribution in [0.3, 0.4) is 0 Å². The first kappa shape index (κ1) is 15.9. The first-order valence-electron chi connectivity index (χ1n) is 7.34. The van der Waals surface area contributed by atoms with E-state index in [1.807, 2.05) is 0 Å². The van der Waals surface area contributed by atoms with Gasteiger partial charge < -0.3 is 10.2 Å². The fourth-order valence-electron chi connectivity index (χ4n) is 3.34. The molecule has 120 valence electrons. The fourth-order valence-corrected chi connectivity index (χ4v) is 4.10. The molecule has 0 radical (unpaired) electrons. The van der Waals surface area contributed by atoms with Crippen molar-refractivity contribution in [3.63, 3.8) is 0 Å². The second kappa shape index (κ2) is 5.91. The summed E-state index contributed by atoms with van der Waals surface area (Å²) in [4.78, 5) is 0.0909. The second-order valence-electron chi connectivity index (χ2n) is 5.76. The highest BCUT2D eigenvalue weighted by molar-refractivity contribution is 8.00. The summed E-state index contributed by atoms with van der Waals surface area (Å²) in [6, 6.07) is 3.15. The van der Waals surface area contributed by atoms with Gasteiger partial charge in [-0.25, -0.2) is 0 Å². The van der Waals surface area contributed by atoms with E-state index in [-0.39, 0.29) is 16.7 Å². The Labute approximate surface area is 131 Å². The molecule has 6 heteroatoms. The molecule has 0 saturated carbocycles. The van der Waals surface area contributed by atoms with Gasteiger partial charge in [-0.15, -0.1) is 0 Å². The molecule has 0 aliphatic heterocycles. The summed E-state index contributed by atoms with van der Waals surface area (Å²) in [5.41, 5.74) is -1.27. The molecule has 2 aliphatic rings. The number of halogens is 3. The van der Waals surface area contributed by atoms with E-state index in [2.05, 4.69) is 0 Å². The highest BCUT2D eigenvalue weighted by Crippen LogP contribution is 2.47. The molecule has 1 aromatic rings. The Morgan fingerprint density at radius 1 is 1.09 bits per heavy atom. The number of alkyl halides is 3. The van der Waals surface area contributed by atoms with Gasteiger partial charge in [-0.05, 0) is 72.2 Å². The average molecular weight is 330 g/mol. The predicted molar refractivity (Wildman–Crippen MR) is 79.5 cm³/mol. The average Bonchev–Trinajstić information content (AvgIpc) is 2.80. The molecule has 2 nitrogen and oxygen atoms in total. The molecule has 22 heavy (non-hydrogen) atoms. The lowest BCUT2D eigenvalue weighted by molar-refractivity contribution is -0.0328. The van der Waals surface area contributed by atoms with Gasteiger partial charge in [-0.1, -0.05) is 12.1 Å². The summed E-state index contributed by atoms with van der Waals surface area (Å²) < 4.78 is 38.0. The molecule has 2 unspecified atom stereocenters. The van der Waals surface area contributed by atoms with Crippen LogP contribution in [0.4, 0.5) is 13.2 Å². The normalized spacial score (nSPS) is 25.0. The van der Waals surface area contributed by atoms with Crippen LogP contribution in [0, 0.1) is 0 Å². The molecule has 0 spiro atoms. The van der Waals surface area contributed by atoms with Crippen molar-refractivity contribution in [2.24, 2.45) is 0 Å². The molecule has 0 bridgehead atoms. The smallest absolute Gasteiger partial charge is 0.389 e. The van der Waals surface area contributed by atoms with Crippen molar-refractivity contribution in [1.29, 1.82) is 0 Å². The van der Waals surface area contributed by atoms with Gasteiger partial charge in [0.25, 0.3) is 0 Å². The molecule has 0 amide bonds. The highest BCUT2D eigenvalue weighted by Gasteiger charge is 2.35. The fraction of sp³-hybridized carbons (Fsp3) is 0.500. The number of hydrogen-bond acceptors (Lipinski definition) is 3. The van der Waals surface area contributed by atoms with E-state index in [9.17, 15) is 23.4 Å². The van der Waals surface area contributed by atoms with Gasteiger partial charge in [0.15, 0.2) is 0 Å².